The number of nitro groups is 1. The fourth-order valence-electron chi connectivity index (χ4n) is 1.95. The zero-order valence-electron chi connectivity index (χ0n) is 13.3. The van der Waals surface area contributed by atoms with Gasteiger partial charge in [0.2, 0.25) is 0 Å². The summed E-state index contributed by atoms with van der Waals surface area (Å²) in [5, 5.41) is 13.6. The van der Waals surface area contributed by atoms with Crippen LogP contribution < -0.4 is 10.1 Å². The van der Waals surface area contributed by atoms with Crippen molar-refractivity contribution >= 4 is 33.2 Å². The number of amides is 1. The van der Waals surface area contributed by atoms with Crippen LogP contribution in [0.1, 0.15) is 24.2 Å². The van der Waals surface area contributed by atoms with Crippen molar-refractivity contribution in [2.75, 3.05) is 11.9 Å². The molecule has 24 heavy (non-hydrogen) atoms. The zero-order chi connectivity index (χ0) is 17.7. The summed E-state index contributed by atoms with van der Waals surface area (Å²) >= 11 is 3.38. The molecule has 2 aromatic carbocycles. The summed E-state index contributed by atoms with van der Waals surface area (Å²) in [7, 11) is 0. The minimum atomic E-state index is -0.533. The summed E-state index contributed by atoms with van der Waals surface area (Å²) in [6.07, 6.45) is 0. The molecule has 0 unspecified atom stereocenters. The highest BCUT2D eigenvalue weighted by Gasteiger charge is 2.16. The number of nitrogens with one attached hydrogen (secondary N) is 1. The Bertz CT molecular complexity index is 762. The van der Waals surface area contributed by atoms with E-state index in [2.05, 4.69) is 21.2 Å². The van der Waals surface area contributed by atoms with Crippen molar-refractivity contribution in [2.24, 2.45) is 5.92 Å². The summed E-state index contributed by atoms with van der Waals surface area (Å²) in [5.74, 6) is 0.602. The van der Waals surface area contributed by atoms with Gasteiger partial charge in [0.1, 0.15) is 11.4 Å². The Morgan fingerprint density at radius 3 is 2.62 bits per heavy atom. The van der Waals surface area contributed by atoms with Gasteiger partial charge in [0.25, 0.3) is 11.6 Å². The van der Waals surface area contributed by atoms with Crippen LogP contribution in [0.3, 0.4) is 0 Å². The highest BCUT2D eigenvalue weighted by Crippen LogP contribution is 2.28. The summed E-state index contributed by atoms with van der Waals surface area (Å²) in [6, 6.07) is 10.9. The number of benzene rings is 2. The first-order valence-electron chi connectivity index (χ1n) is 7.35. The molecule has 126 valence electrons. The molecule has 0 aliphatic carbocycles. The Kier molecular flexibility index (Phi) is 5.92. The van der Waals surface area contributed by atoms with E-state index < -0.39 is 10.8 Å². The molecule has 1 amide bonds. The molecule has 2 rings (SSSR count). The van der Waals surface area contributed by atoms with Crippen molar-refractivity contribution in [3.8, 4) is 5.75 Å². The number of rotatable bonds is 6. The van der Waals surface area contributed by atoms with Gasteiger partial charge >= 0.3 is 0 Å². The van der Waals surface area contributed by atoms with Crippen molar-refractivity contribution < 1.29 is 14.5 Å². The van der Waals surface area contributed by atoms with E-state index in [1.165, 1.54) is 12.1 Å². The van der Waals surface area contributed by atoms with E-state index in [1.807, 2.05) is 13.8 Å². The van der Waals surface area contributed by atoms with Crippen LogP contribution in [0.5, 0.6) is 5.75 Å². The molecule has 0 spiro atoms. The third kappa shape index (κ3) is 4.55. The molecule has 0 saturated heterocycles. The van der Waals surface area contributed by atoms with Gasteiger partial charge in [-0.2, -0.15) is 0 Å². The van der Waals surface area contributed by atoms with Gasteiger partial charge in [-0.15, -0.1) is 0 Å². The number of hydrogen-bond acceptors (Lipinski definition) is 4. The molecule has 0 fully saturated rings. The summed E-state index contributed by atoms with van der Waals surface area (Å²) in [5.41, 5.74) is 0.377. The van der Waals surface area contributed by atoms with Crippen LogP contribution in [0.25, 0.3) is 0 Å². The molecule has 2 aromatic rings. The Morgan fingerprint density at radius 2 is 2.00 bits per heavy atom. The maximum atomic E-state index is 12.3. The van der Waals surface area contributed by atoms with Crippen molar-refractivity contribution in [2.45, 2.75) is 13.8 Å². The number of nitrogens with zero attached hydrogens (tertiary/aromatic N) is 1. The van der Waals surface area contributed by atoms with E-state index in [0.717, 1.165) is 0 Å². The Hall–Kier alpha value is -2.41. The standard InChI is InChI=1S/C17H17BrN2O4/c1-11(2)10-24-16-8-7-12(9-13(16)18)17(21)19-14-5-3-4-6-15(14)20(22)23/h3-9,11H,10H2,1-2H3,(H,19,21). The van der Waals surface area contributed by atoms with Crippen molar-refractivity contribution in [3.05, 3.63) is 62.6 Å². The van der Waals surface area contributed by atoms with Crippen molar-refractivity contribution in [3.63, 3.8) is 0 Å². The number of carbonyl (C=O) groups is 1. The highest BCUT2D eigenvalue weighted by molar-refractivity contribution is 9.10. The molecule has 1 N–H and O–H groups in total. The first-order chi connectivity index (χ1) is 11.4. The summed E-state index contributed by atoms with van der Waals surface area (Å²) in [6.45, 7) is 4.66. The highest BCUT2D eigenvalue weighted by atomic mass is 79.9. The third-order valence-electron chi connectivity index (χ3n) is 3.12. The predicted molar refractivity (Wildman–Crippen MR) is 95.5 cm³/mol. The Morgan fingerprint density at radius 1 is 1.29 bits per heavy atom. The summed E-state index contributed by atoms with van der Waals surface area (Å²) in [4.78, 5) is 22.8. The molecule has 0 heterocycles. The Balaban J connectivity index is 2.16. The third-order valence-corrected chi connectivity index (χ3v) is 3.73. The van der Waals surface area contributed by atoms with Crippen LogP contribution in [0.15, 0.2) is 46.9 Å². The van der Waals surface area contributed by atoms with Crippen LogP contribution in [0.4, 0.5) is 11.4 Å². The van der Waals surface area contributed by atoms with Gasteiger partial charge in [-0.25, -0.2) is 0 Å². The molecular weight excluding hydrogens is 376 g/mol. The van der Waals surface area contributed by atoms with Gasteiger partial charge in [-0.05, 0) is 46.1 Å². The topological polar surface area (TPSA) is 81.5 Å². The lowest BCUT2D eigenvalue weighted by atomic mass is 10.2. The monoisotopic (exact) mass is 392 g/mol. The smallest absolute Gasteiger partial charge is 0.292 e. The average Bonchev–Trinajstić information content (AvgIpc) is 2.53. The first kappa shape index (κ1) is 17.9. The van der Waals surface area contributed by atoms with Gasteiger partial charge in [-0.3, -0.25) is 14.9 Å². The minimum Gasteiger partial charge on any atom is -0.492 e. The second-order valence-electron chi connectivity index (χ2n) is 5.58. The first-order valence-corrected chi connectivity index (χ1v) is 8.15. The van der Waals surface area contributed by atoms with E-state index in [0.29, 0.717) is 28.3 Å². The fourth-order valence-corrected chi connectivity index (χ4v) is 2.44. The molecule has 0 atom stereocenters. The number of ether oxygens (including phenoxy) is 1. The van der Waals surface area contributed by atoms with Crippen molar-refractivity contribution in [1.29, 1.82) is 0 Å². The number of para-hydroxylation sites is 2. The van der Waals surface area contributed by atoms with E-state index in [-0.39, 0.29) is 11.4 Å². The molecule has 0 saturated carbocycles. The molecule has 0 radical (unpaired) electrons. The molecule has 0 aromatic heterocycles. The minimum absolute atomic E-state index is 0.151. The lowest BCUT2D eigenvalue weighted by Crippen LogP contribution is -2.13. The second-order valence-corrected chi connectivity index (χ2v) is 6.43. The maximum absolute atomic E-state index is 12.3. The van der Waals surface area contributed by atoms with Crippen molar-refractivity contribution in [1.82, 2.24) is 0 Å². The van der Waals surface area contributed by atoms with Gasteiger partial charge in [0.05, 0.1) is 16.0 Å². The zero-order valence-corrected chi connectivity index (χ0v) is 14.9. The van der Waals surface area contributed by atoms with Crippen LogP contribution >= 0.6 is 15.9 Å². The predicted octanol–water partition coefficient (Wildman–Crippen LogP) is 4.64. The van der Waals surface area contributed by atoms with E-state index in [1.54, 1.807) is 30.3 Å². The SMILES string of the molecule is CC(C)COc1ccc(C(=O)Nc2ccccc2[N+](=O)[O-])cc1Br. The van der Waals surface area contributed by atoms with E-state index >= 15 is 0 Å². The lowest BCUT2D eigenvalue weighted by molar-refractivity contribution is -0.383. The second kappa shape index (κ2) is 7.92. The quantitative estimate of drug-likeness (QED) is 0.573. The maximum Gasteiger partial charge on any atom is 0.292 e. The number of anilines is 1. The number of nitro benzene ring substituents is 1. The van der Waals surface area contributed by atoms with Crippen LogP contribution in [-0.2, 0) is 0 Å². The van der Waals surface area contributed by atoms with E-state index in [9.17, 15) is 14.9 Å². The van der Waals surface area contributed by atoms with Gasteiger partial charge in [-0.1, -0.05) is 26.0 Å². The normalized spacial score (nSPS) is 10.5. The molecule has 0 aliphatic heterocycles. The van der Waals surface area contributed by atoms with Crippen LogP contribution in [0, 0.1) is 16.0 Å². The summed E-state index contributed by atoms with van der Waals surface area (Å²) < 4.78 is 6.29. The molecule has 0 aliphatic rings. The molecule has 7 heteroatoms. The number of carbonyl (C=O) groups excluding carboxylic acids is 1. The average molecular weight is 393 g/mol. The van der Waals surface area contributed by atoms with Crippen LogP contribution in [-0.4, -0.2) is 17.4 Å². The molecule has 6 nitrogen and oxygen atoms in total. The number of halogens is 1. The van der Waals surface area contributed by atoms with Gasteiger partial charge < -0.3 is 10.1 Å². The largest absolute Gasteiger partial charge is 0.492 e. The van der Waals surface area contributed by atoms with Gasteiger partial charge in [0.15, 0.2) is 0 Å². The lowest BCUT2D eigenvalue weighted by Gasteiger charge is -2.11. The fraction of sp³-hybridized carbons (Fsp3) is 0.235. The van der Waals surface area contributed by atoms with Gasteiger partial charge in [0, 0.05) is 11.6 Å². The molecular formula is C17H17BrN2O4. The number of hydrogen-bond donors (Lipinski definition) is 1. The van der Waals surface area contributed by atoms with E-state index in [4.69, 9.17) is 4.74 Å². The Labute approximate surface area is 148 Å². The van der Waals surface area contributed by atoms with Crippen LogP contribution in [0.2, 0.25) is 0 Å². The molecule has 0 bridgehead atoms.